The second-order valence-electron chi connectivity index (χ2n) is 6.88. The average Bonchev–Trinajstić information content (AvgIpc) is 2.55. The van der Waals surface area contributed by atoms with Crippen molar-refractivity contribution in [2.75, 3.05) is 26.4 Å². The molecule has 4 nitrogen and oxygen atoms in total. The van der Waals surface area contributed by atoms with E-state index in [1.54, 1.807) is 0 Å². The van der Waals surface area contributed by atoms with E-state index >= 15 is 0 Å². The number of rotatable bonds is 4. The Labute approximate surface area is 129 Å². The summed E-state index contributed by atoms with van der Waals surface area (Å²) in [6.07, 6.45) is 11.6. The fourth-order valence-corrected chi connectivity index (χ4v) is 3.78. The van der Waals surface area contributed by atoms with Crippen molar-refractivity contribution in [3.8, 4) is 0 Å². The summed E-state index contributed by atoms with van der Waals surface area (Å²) in [6, 6.07) is 0. The Hall–Kier alpha value is -0.160. The Bertz CT molecular complexity index is 234. The molecule has 0 aliphatic heterocycles. The molecule has 1 aliphatic rings. The molecule has 0 saturated heterocycles. The van der Waals surface area contributed by atoms with E-state index < -0.39 is 10.8 Å². The molecule has 0 aromatic carbocycles. The Morgan fingerprint density at radius 2 is 0.667 bits per heavy atom. The standard InChI is InChI=1S/C17H34O4/c18-12-16(13-19)10-8-6-4-2-1-3-5-7-9-11-17(16,14-20)15-21/h18-21H,1-15H2. The van der Waals surface area contributed by atoms with Crippen molar-refractivity contribution >= 4 is 0 Å². The summed E-state index contributed by atoms with van der Waals surface area (Å²) < 4.78 is 0. The van der Waals surface area contributed by atoms with Gasteiger partial charge in [0, 0.05) is 10.8 Å². The largest absolute Gasteiger partial charge is 0.396 e. The van der Waals surface area contributed by atoms with E-state index in [1.165, 1.54) is 32.1 Å². The van der Waals surface area contributed by atoms with Gasteiger partial charge in [-0.1, -0.05) is 57.8 Å². The molecule has 1 aliphatic carbocycles. The molecule has 126 valence electrons. The predicted molar refractivity (Wildman–Crippen MR) is 84.0 cm³/mol. The number of hydrogen-bond donors (Lipinski definition) is 4. The first-order valence-electron chi connectivity index (χ1n) is 8.64. The van der Waals surface area contributed by atoms with Crippen molar-refractivity contribution in [2.45, 2.75) is 70.6 Å². The Morgan fingerprint density at radius 3 is 0.905 bits per heavy atom. The Kier molecular flexibility index (Phi) is 8.79. The molecule has 21 heavy (non-hydrogen) atoms. The van der Waals surface area contributed by atoms with E-state index in [-0.39, 0.29) is 26.4 Å². The van der Waals surface area contributed by atoms with Crippen molar-refractivity contribution < 1.29 is 20.4 Å². The lowest BCUT2D eigenvalue weighted by atomic mass is 9.60. The second kappa shape index (κ2) is 9.78. The van der Waals surface area contributed by atoms with Gasteiger partial charge in [0.2, 0.25) is 0 Å². The molecule has 0 unspecified atom stereocenters. The molecule has 4 N–H and O–H groups in total. The molecular weight excluding hydrogens is 268 g/mol. The maximum atomic E-state index is 9.92. The topological polar surface area (TPSA) is 80.9 Å². The minimum absolute atomic E-state index is 0.176. The highest BCUT2D eigenvalue weighted by Crippen LogP contribution is 2.46. The quantitative estimate of drug-likeness (QED) is 0.642. The molecular formula is C17H34O4. The molecule has 0 heterocycles. The van der Waals surface area contributed by atoms with Crippen LogP contribution in [0.5, 0.6) is 0 Å². The smallest absolute Gasteiger partial charge is 0.0516 e. The van der Waals surface area contributed by atoms with Crippen molar-refractivity contribution in [3.63, 3.8) is 0 Å². The van der Waals surface area contributed by atoms with Crippen LogP contribution in [-0.4, -0.2) is 46.9 Å². The van der Waals surface area contributed by atoms with E-state index in [2.05, 4.69) is 0 Å². The Morgan fingerprint density at radius 1 is 0.429 bits per heavy atom. The van der Waals surface area contributed by atoms with Crippen LogP contribution in [0.3, 0.4) is 0 Å². The summed E-state index contributed by atoms with van der Waals surface area (Å²) in [5.74, 6) is 0. The summed E-state index contributed by atoms with van der Waals surface area (Å²) in [7, 11) is 0. The fourth-order valence-electron chi connectivity index (χ4n) is 3.78. The molecule has 0 radical (unpaired) electrons. The minimum atomic E-state index is -0.773. The number of aliphatic hydroxyl groups is 4. The van der Waals surface area contributed by atoms with Crippen LogP contribution in [0.4, 0.5) is 0 Å². The minimum Gasteiger partial charge on any atom is -0.396 e. The van der Waals surface area contributed by atoms with Gasteiger partial charge < -0.3 is 20.4 Å². The third-order valence-electron chi connectivity index (χ3n) is 5.65. The predicted octanol–water partition coefficient (Wildman–Crippen LogP) is 2.23. The van der Waals surface area contributed by atoms with Crippen molar-refractivity contribution in [3.05, 3.63) is 0 Å². The number of aliphatic hydroxyl groups excluding tert-OH is 4. The highest BCUT2D eigenvalue weighted by Gasteiger charge is 2.49. The lowest BCUT2D eigenvalue weighted by Crippen LogP contribution is -2.52. The molecule has 0 atom stereocenters. The lowest BCUT2D eigenvalue weighted by Gasteiger charge is -2.47. The molecule has 0 bridgehead atoms. The summed E-state index contributed by atoms with van der Waals surface area (Å²) in [6.45, 7) is -0.704. The zero-order valence-electron chi connectivity index (χ0n) is 13.4. The van der Waals surface area contributed by atoms with Gasteiger partial charge in [0.1, 0.15) is 0 Å². The highest BCUT2D eigenvalue weighted by molar-refractivity contribution is 4.97. The van der Waals surface area contributed by atoms with E-state index in [0.29, 0.717) is 12.8 Å². The van der Waals surface area contributed by atoms with Gasteiger partial charge in [0.25, 0.3) is 0 Å². The maximum absolute atomic E-state index is 9.92. The van der Waals surface area contributed by atoms with Crippen LogP contribution in [0, 0.1) is 10.8 Å². The SMILES string of the molecule is OCC1(CO)CCCCCCCCCCCC1(CO)CO. The zero-order valence-corrected chi connectivity index (χ0v) is 13.4. The van der Waals surface area contributed by atoms with Gasteiger partial charge in [-0.2, -0.15) is 0 Å². The van der Waals surface area contributed by atoms with Crippen molar-refractivity contribution in [2.24, 2.45) is 10.8 Å². The third-order valence-corrected chi connectivity index (χ3v) is 5.65. The molecule has 0 amide bonds. The maximum Gasteiger partial charge on any atom is 0.0516 e. The van der Waals surface area contributed by atoms with E-state index in [0.717, 1.165) is 25.7 Å². The average molecular weight is 302 g/mol. The lowest BCUT2D eigenvalue weighted by molar-refractivity contribution is -0.124. The zero-order chi connectivity index (χ0) is 15.6. The van der Waals surface area contributed by atoms with E-state index in [1.807, 2.05) is 0 Å². The monoisotopic (exact) mass is 302 g/mol. The first kappa shape index (κ1) is 18.9. The van der Waals surface area contributed by atoms with Gasteiger partial charge in [-0.15, -0.1) is 0 Å². The highest BCUT2D eigenvalue weighted by atomic mass is 16.3. The van der Waals surface area contributed by atoms with Crippen molar-refractivity contribution in [1.29, 1.82) is 0 Å². The van der Waals surface area contributed by atoms with Crippen LogP contribution in [0.25, 0.3) is 0 Å². The molecule has 1 fully saturated rings. The second-order valence-corrected chi connectivity index (χ2v) is 6.88. The molecule has 0 spiro atoms. The van der Waals surface area contributed by atoms with Crippen LogP contribution < -0.4 is 0 Å². The van der Waals surface area contributed by atoms with Crippen LogP contribution in [0.15, 0.2) is 0 Å². The van der Waals surface area contributed by atoms with Crippen LogP contribution in [-0.2, 0) is 0 Å². The molecule has 0 aromatic rings. The van der Waals surface area contributed by atoms with Gasteiger partial charge in [-0.05, 0) is 12.8 Å². The van der Waals surface area contributed by atoms with Crippen molar-refractivity contribution in [1.82, 2.24) is 0 Å². The van der Waals surface area contributed by atoms with Gasteiger partial charge in [-0.25, -0.2) is 0 Å². The van der Waals surface area contributed by atoms with Gasteiger partial charge in [0.05, 0.1) is 26.4 Å². The summed E-state index contributed by atoms with van der Waals surface area (Å²) >= 11 is 0. The Balaban J connectivity index is 2.91. The van der Waals surface area contributed by atoms with Gasteiger partial charge >= 0.3 is 0 Å². The molecule has 1 saturated carbocycles. The summed E-state index contributed by atoms with van der Waals surface area (Å²) in [5.41, 5.74) is -1.55. The summed E-state index contributed by atoms with van der Waals surface area (Å²) in [4.78, 5) is 0. The first-order chi connectivity index (χ1) is 10.2. The van der Waals surface area contributed by atoms with Gasteiger partial charge in [0.15, 0.2) is 0 Å². The normalized spacial score (nSPS) is 24.6. The molecule has 0 aromatic heterocycles. The van der Waals surface area contributed by atoms with Gasteiger partial charge in [-0.3, -0.25) is 0 Å². The van der Waals surface area contributed by atoms with Crippen LogP contribution >= 0.6 is 0 Å². The van der Waals surface area contributed by atoms with Crippen LogP contribution in [0.2, 0.25) is 0 Å². The molecule has 1 rings (SSSR count). The van der Waals surface area contributed by atoms with E-state index in [9.17, 15) is 20.4 Å². The number of hydrogen-bond acceptors (Lipinski definition) is 4. The van der Waals surface area contributed by atoms with E-state index in [4.69, 9.17) is 0 Å². The first-order valence-corrected chi connectivity index (χ1v) is 8.64. The van der Waals surface area contributed by atoms with Crippen LogP contribution in [0.1, 0.15) is 70.6 Å². The molecule has 4 heteroatoms. The third kappa shape index (κ3) is 4.65. The summed E-state index contributed by atoms with van der Waals surface area (Å²) in [5, 5.41) is 39.7. The fraction of sp³-hybridized carbons (Fsp3) is 1.00.